The normalized spacial score (nSPS) is 14.6. The van der Waals surface area contributed by atoms with Crippen molar-refractivity contribution in [1.82, 2.24) is 10.2 Å². The Morgan fingerprint density at radius 1 is 0.952 bits per heavy atom. The number of nitrogens with one attached hydrogen (secondary N) is 1. The Morgan fingerprint density at radius 2 is 1.62 bits per heavy atom. The van der Waals surface area contributed by atoms with E-state index in [0.717, 1.165) is 42.0 Å². The first-order valence-electron chi connectivity index (χ1n) is 13.8. The van der Waals surface area contributed by atoms with Crippen LogP contribution in [-0.2, 0) is 26.2 Å². The summed E-state index contributed by atoms with van der Waals surface area (Å²) >= 11 is 12.2. The maximum atomic E-state index is 14.1. The minimum Gasteiger partial charge on any atom is -0.497 e. The van der Waals surface area contributed by atoms with Crippen LogP contribution in [0.5, 0.6) is 5.75 Å². The van der Waals surface area contributed by atoms with Gasteiger partial charge in [-0.05, 0) is 79.9 Å². The molecule has 11 heteroatoms. The van der Waals surface area contributed by atoms with Crippen molar-refractivity contribution in [2.75, 3.05) is 18.0 Å². The molecule has 1 saturated carbocycles. The number of anilines is 1. The van der Waals surface area contributed by atoms with Gasteiger partial charge in [0.2, 0.25) is 11.8 Å². The first-order chi connectivity index (χ1) is 20.1. The van der Waals surface area contributed by atoms with Crippen molar-refractivity contribution in [3.8, 4) is 5.75 Å². The van der Waals surface area contributed by atoms with Crippen LogP contribution >= 0.6 is 23.2 Å². The minimum absolute atomic E-state index is 0.0375. The van der Waals surface area contributed by atoms with Crippen molar-refractivity contribution < 1.29 is 22.7 Å². The molecule has 1 aliphatic rings. The maximum Gasteiger partial charge on any atom is 0.264 e. The number of hydrogen-bond acceptors (Lipinski definition) is 5. The smallest absolute Gasteiger partial charge is 0.264 e. The van der Waals surface area contributed by atoms with Crippen molar-refractivity contribution >= 4 is 50.7 Å². The van der Waals surface area contributed by atoms with E-state index >= 15 is 0 Å². The molecule has 4 rings (SSSR count). The van der Waals surface area contributed by atoms with Crippen molar-refractivity contribution in [3.63, 3.8) is 0 Å². The van der Waals surface area contributed by atoms with Gasteiger partial charge in [-0.15, -0.1) is 0 Å². The second kappa shape index (κ2) is 14.3. The molecule has 0 spiro atoms. The summed E-state index contributed by atoms with van der Waals surface area (Å²) in [5.41, 5.74) is 0.978. The molecule has 0 aromatic heterocycles. The van der Waals surface area contributed by atoms with E-state index in [1.165, 1.54) is 35.2 Å². The first-order valence-corrected chi connectivity index (χ1v) is 16.0. The fourth-order valence-corrected chi connectivity index (χ4v) is 6.69. The number of halogens is 2. The molecule has 1 fully saturated rings. The number of sulfonamides is 1. The molecule has 0 saturated heterocycles. The number of carbonyl (C=O) groups is 2. The topological polar surface area (TPSA) is 96.0 Å². The Hall–Kier alpha value is -3.27. The lowest BCUT2D eigenvalue weighted by Gasteiger charge is -2.33. The van der Waals surface area contributed by atoms with Crippen molar-refractivity contribution in [1.29, 1.82) is 0 Å². The zero-order valence-electron chi connectivity index (χ0n) is 23.6. The number of methoxy groups -OCH3 is 1. The highest BCUT2D eigenvalue weighted by atomic mass is 35.5. The largest absolute Gasteiger partial charge is 0.497 e. The van der Waals surface area contributed by atoms with Crippen LogP contribution in [0, 0.1) is 0 Å². The lowest BCUT2D eigenvalue weighted by molar-refractivity contribution is -0.139. The molecule has 1 unspecified atom stereocenters. The lowest BCUT2D eigenvalue weighted by Crippen LogP contribution is -2.53. The van der Waals surface area contributed by atoms with Crippen molar-refractivity contribution in [2.45, 2.75) is 62.6 Å². The molecule has 224 valence electrons. The zero-order valence-corrected chi connectivity index (χ0v) is 26.0. The summed E-state index contributed by atoms with van der Waals surface area (Å²) in [5, 5.41) is 3.79. The van der Waals surface area contributed by atoms with Crippen LogP contribution in [0.1, 0.15) is 44.6 Å². The van der Waals surface area contributed by atoms with E-state index in [0.29, 0.717) is 15.8 Å². The number of amides is 2. The zero-order chi connectivity index (χ0) is 30.3. The van der Waals surface area contributed by atoms with E-state index in [1.807, 2.05) is 12.1 Å². The molecule has 3 aromatic carbocycles. The number of hydrogen-bond donors (Lipinski definition) is 1. The highest BCUT2D eigenvalue weighted by Crippen LogP contribution is 2.28. The van der Waals surface area contributed by atoms with Crippen LogP contribution < -0.4 is 14.4 Å². The van der Waals surface area contributed by atoms with E-state index in [1.54, 1.807) is 44.4 Å². The van der Waals surface area contributed by atoms with Gasteiger partial charge < -0.3 is 15.0 Å². The van der Waals surface area contributed by atoms with E-state index in [9.17, 15) is 18.0 Å². The van der Waals surface area contributed by atoms with Gasteiger partial charge >= 0.3 is 0 Å². The predicted octanol–water partition coefficient (Wildman–Crippen LogP) is 6.06. The van der Waals surface area contributed by atoms with Gasteiger partial charge in [0, 0.05) is 22.6 Å². The highest BCUT2D eigenvalue weighted by Gasteiger charge is 2.33. The van der Waals surface area contributed by atoms with Gasteiger partial charge in [-0.3, -0.25) is 13.9 Å². The highest BCUT2D eigenvalue weighted by molar-refractivity contribution is 7.92. The van der Waals surface area contributed by atoms with Gasteiger partial charge in [-0.1, -0.05) is 60.7 Å². The fraction of sp³-hybridized carbons (Fsp3) is 0.355. The molecular formula is C31H35Cl2N3O5S. The second-order valence-electron chi connectivity index (χ2n) is 10.3. The quantitative estimate of drug-likeness (QED) is 0.277. The molecule has 8 nitrogen and oxygen atoms in total. The van der Waals surface area contributed by atoms with Gasteiger partial charge in [0.05, 0.1) is 17.7 Å². The summed E-state index contributed by atoms with van der Waals surface area (Å²) in [6.07, 6.45) is 5.03. The van der Waals surface area contributed by atoms with Gasteiger partial charge in [0.1, 0.15) is 18.3 Å². The van der Waals surface area contributed by atoms with Crippen LogP contribution in [0.3, 0.4) is 0 Å². The SMILES string of the molecule is COc1ccc(CN(C(=O)CN(c2cccc(Cl)c2)S(=O)(=O)c2ccc(Cl)cc2)C(C)C(=O)NC2CCCCC2)cc1. The Labute approximate surface area is 257 Å². The van der Waals surface area contributed by atoms with Gasteiger partial charge in [-0.25, -0.2) is 8.42 Å². The summed E-state index contributed by atoms with van der Waals surface area (Å²) < 4.78 is 34.0. The van der Waals surface area contributed by atoms with Crippen molar-refractivity contribution in [2.24, 2.45) is 0 Å². The monoisotopic (exact) mass is 631 g/mol. The third kappa shape index (κ3) is 7.96. The number of benzene rings is 3. The summed E-state index contributed by atoms with van der Waals surface area (Å²) in [6.45, 7) is 1.20. The summed E-state index contributed by atoms with van der Waals surface area (Å²) in [4.78, 5) is 28.9. The number of nitrogens with zero attached hydrogens (tertiary/aromatic N) is 2. The molecule has 3 aromatic rings. The molecule has 1 atom stereocenters. The Bertz CT molecular complexity index is 1480. The van der Waals surface area contributed by atoms with Crippen molar-refractivity contribution in [3.05, 3.63) is 88.4 Å². The van der Waals surface area contributed by atoms with E-state index in [2.05, 4.69) is 5.32 Å². The number of ether oxygens (including phenoxy) is 1. The summed E-state index contributed by atoms with van der Waals surface area (Å²) in [7, 11) is -2.65. The molecule has 0 bridgehead atoms. The summed E-state index contributed by atoms with van der Waals surface area (Å²) in [6, 6.07) is 18.4. The average molecular weight is 633 g/mol. The van der Waals surface area contributed by atoms with Crippen LogP contribution in [0.25, 0.3) is 0 Å². The first kappa shape index (κ1) is 31.7. The predicted molar refractivity (Wildman–Crippen MR) is 165 cm³/mol. The molecule has 0 aliphatic heterocycles. The molecule has 0 heterocycles. The van der Waals surface area contributed by atoms with Crippen LogP contribution in [0.15, 0.2) is 77.7 Å². The molecule has 1 aliphatic carbocycles. The maximum absolute atomic E-state index is 14.1. The summed E-state index contributed by atoms with van der Waals surface area (Å²) in [5.74, 6) is -0.172. The van der Waals surface area contributed by atoms with Gasteiger partial charge in [0.25, 0.3) is 10.0 Å². The second-order valence-corrected chi connectivity index (χ2v) is 13.1. The van der Waals surface area contributed by atoms with E-state index < -0.39 is 28.5 Å². The lowest BCUT2D eigenvalue weighted by atomic mass is 9.95. The molecule has 1 N–H and O–H groups in total. The standard InChI is InChI=1S/C31H35Cl2N3O5S/c1-22(31(38)34-26-8-4-3-5-9-26)35(20-23-11-15-28(41-2)16-12-23)30(37)21-36(27-10-6-7-25(33)19-27)42(39,40)29-17-13-24(32)14-18-29/h6-7,10-19,22,26H,3-5,8-9,20-21H2,1-2H3,(H,34,38). The Kier molecular flexibility index (Phi) is 10.8. The molecule has 2 amide bonds. The third-order valence-electron chi connectivity index (χ3n) is 7.41. The number of carbonyl (C=O) groups excluding carboxylic acids is 2. The third-order valence-corrected chi connectivity index (χ3v) is 9.68. The van der Waals surface area contributed by atoms with Gasteiger partial charge in [0.15, 0.2) is 0 Å². The minimum atomic E-state index is -4.22. The van der Waals surface area contributed by atoms with Crippen LogP contribution in [0.4, 0.5) is 5.69 Å². The van der Waals surface area contributed by atoms with Gasteiger partial charge in [-0.2, -0.15) is 0 Å². The van der Waals surface area contributed by atoms with E-state index in [4.69, 9.17) is 27.9 Å². The fourth-order valence-electron chi connectivity index (χ4n) is 4.97. The van der Waals surface area contributed by atoms with Crippen LogP contribution in [-0.4, -0.2) is 50.9 Å². The van der Waals surface area contributed by atoms with E-state index in [-0.39, 0.29) is 29.1 Å². The molecular weight excluding hydrogens is 597 g/mol. The Morgan fingerprint density at radius 3 is 2.24 bits per heavy atom. The Balaban J connectivity index is 1.67. The molecule has 42 heavy (non-hydrogen) atoms. The average Bonchev–Trinajstić information content (AvgIpc) is 2.99. The number of rotatable bonds is 11. The molecule has 0 radical (unpaired) electrons. The van der Waals surface area contributed by atoms with Crippen LogP contribution in [0.2, 0.25) is 10.0 Å².